The molecule has 3 aromatic rings. The van der Waals surface area contributed by atoms with Crippen LogP contribution in [0.1, 0.15) is 48.1 Å². The molecule has 0 radical (unpaired) electrons. The van der Waals surface area contributed by atoms with Crippen molar-refractivity contribution in [1.29, 1.82) is 0 Å². The van der Waals surface area contributed by atoms with Gasteiger partial charge in [-0.25, -0.2) is 10.4 Å². The van der Waals surface area contributed by atoms with Crippen molar-refractivity contribution < 1.29 is 24.1 Å². The fraction of sp³-hybridized carbons (Fsp3) is 0.355. The predicted octanol–water partition coefficient (Wildman–Crippen LogP) is 4.80. The third-order valence-electron chi connectivity index (χ3n) is 6.89. The van der Waals surface area contributed by atoms with E-state index in [9.17, 15) is 4.79 Å². The van der Waals surface area contributed by atoms with Crippen LogP contribution in [0.25, 0.3) is 10.4 Å². The second-order valence-corrected chi connectivity index (χ2v) is 9.78. The summed E-state index contributed by atoms with van der Waals surface area (Å²) in [5.74, 6) is 1.22. The highest BCUT2D eigenvalue weighted by Crippen LogP contribution is 2.43. The van der Waals surface area contributed by atoms with Gasteiger partial charge >= 0.3 is 0 Å². The summed E-state index contributed by atoms with van der Waals surface area (Å²) in [5.41, 5.74) is 16.4. The van der Waals surface area contributed by atoms with Gasteiger partial charge in [-0.2, -0.15) is 0 Å². The Bertz CT molecular complexity index is 1420. The van der Waals surface area contributed by atoms with Gasteiger partial charge in [0.25, 0.3) is 5.91 Å². The number of methoxy groups -OCH3 is 1. The van der Waals surface area contributed by atoms with Gasteiger partial charge in [0, 0.05) is 36.5 Å². The molecule has 0 aromatic heterocycles. The number of aliphatic hydroxyl groups excluding tert-OH is 1. The van der Waals surface area contributed by atoms with Crippen molar-refractivity contribution in [3.8, 4) is 11.5 Å². The maximum Gasteiger partial charge on any atom is 0.266 e. The molecular formula is C31H36N6O5. The summed E-state index contributed by atoms with van der Waals surface area (Å²) in [5, 5.41) is 12.8. The Hall–Kier alpha value is -4.57. The van der Waals surface area contributed by atoms with Crippen LogP contribution in [0, 0.1) is 0 Å². The molecular weight excluding hydrogens is 536 g/mol. The molecule has 0 fully saturated rings. The molecule has 0 saturated carbocycles. The second-order valence-electron chi connectivity index (χ2n) is 9.78. The van der Waals surface area contributed by atoms with E-state index < -0.39 is 11.6 Å². The first-order chi connectivity index (χ1) is 20.5. The van der Waals surface area contributed by atoms with Crippen LogP contribution in [0.4, 0.5) is 0 Å². The summed E-state index contributed by atoms with van der Waals surface area (Å²) >= 11 is 0. The van der Waals surface area contributed by atoms with Gasteiger partial charge < -0.3 is 19.3 Å². The third-order valence-corrected chi connectivity index (χ3v) is 6.89. The number of aliphatic hydroxyl groups is 1. The van der Waals surface area contributed by atoms with Crippen molar-refractivity contribution >= 4 is 11.8 Å². The van der Waals surface area contributed by atoms with Crippen LogP contribution in [0.3, 0.4) is 0 Å². The van der Waals surface area contributed by atoms with Crippen LogP contribution in [-0.4, -0.2) is 49.3 Å². The second kappa shape index (κ2) is 14.9. The Kier molecular flexibility index (Phi) is 10.8. The molecule has 1 amide bonds. The van der Waals surface area contributed by atoms with E-state index in [0.29, 0.717) is 42.5 Å². The zero-order valence-corrected chi connectivity index (χ0v) is 23.8. The molecule has 220 valence electrons. The first-order valence-electron chi connectivity index (χ1n) is 13.9. The topological polar surface area (TPSA) is 150 Å². The minimum Gasteiger partial charge on any atom is -0.497 e. The average Bonchev–Trinajstić information content (AvgIpc) is 3.41. The quantitative estimate of drug-likeness (QED) is 0.0783. The Labute approximate surface area is 245 Å². The number of hydrazine groups is 1. The summed E-state index contributed by atoms with van der Waals surface area (Å²) < 4.78 is 17.7. The molecule has 1 aliphatic rings. The molecule has 0 bridgehead atoms. The van der Waals surface area contributed by atoms with Crippen molar-refractivity contribution in [2.24, 2.45) is 10.1 Å². The van der Waals surface area contributed by atoms with Gasteiger partial charge in [0.15, 0.2) is 11.6 Å². The fourth-order valence-corrected chi connectivity index (χ4v) is 4.75. The zero-order chi connectivity index (χ0) is 29.8. The molecule has 0 spiro atoms. The summed E-state index contributed by atoms with van der Waals surface area (Å²) in [4.78, 5) is 22.1. The number of carbonyl (C=O) groups is 1. The van der Waals surface area contributed by atoms with E-state index in [4.69, 9.17) is 29.8 Å². The minimum atomic E-state index is -1.43. The average molecular weight is 573 g/mol. The Balaban J connectivity index is 1.82. The molecule has 11 nitrogen and oxygen atoms in total. The SMILES string of the molecule is CCCNNC(=O)[C@@]1(Cc2ccccc2CN=[N+]=[N-])N=C(c2ccc(OCCCO)cc2)O[C@H]1c1cccc(OC)c1. The van der Waals surface area contributed by atoms with Gasteiger partial charge in [-0.05, 0) is 65.0 Å². The molecule has 11 heteroatoms. The monoisotopic (exact) mass is 572 g/mol. The van der Waals surface area contributed by atoms with Crippen LogP contribution in [0.5, 0.6) is 11.5 Å². The number of carbonyl (C=O) groups excluding carboxylic acids is 1. The Morgan fingerprint density at radius 1 is 1.12 bits per heavy atom. The molecule has 42 heavy (non-hydrogen) atoms. The van der Waals surface area contributed by atoms with Crippen LogP contribution < -0.4 is 20.3 Å². The lowest BCUT2D eigenvalue weighted by atomic mass is 9.81. The first kappa shape index (κ1) is 30.4. The van der Waals surface area contributed by atoms with Crippen LogP contribution in [-0.2, 0) is 22.5 Å². The number of hydrogen-bond donors (Lipinski definition) is 3. The molecule has 0 saturated heterocycles. The van der Waals surface area contributed by atoms with E-state index in [1.54, 1.807) is 19.2 Å². The summed E-state index contributed by atoms with van der Waals surface area (Å²) in [6.45, 7) is 3.17. The molecule has 0 aliphatic carbocycles. The number of hydrogen-bond acceptors (Lipinski definition) is 8. The van der Waals surface area contributed by atoms with Gasteiger partial charge in [0.1, 0.15) is 11.5 Å². The van der Waals surface area contributed by atoms with Crippen molar-refractivity contribution in [2.45, 2.75) is 44.4 Å². The van der Waals surface area contributed by atoms with E-state index in [0.717, 1.165) is 23.1 Å². The number of rotatable bonds is 15. The van der Waals surface area contributed by atoms with E-state index >= 15 is 0 Å². The predicted molar refractivity (Wildman–Crippen MR) is 159 cm³/mol. The summed E-state index contributed by atoms with van der Waals surface area (Å²) in [7, 11) is 1.58. The van der Waals surface area contributed by atoms with Gasteiger partial charge in [-0.1, -0.05) is 48.4 Å². The Morgan fingerprint density at radius 2 is 1.90 bits per heavy atom. The Morgan fingerprint density at radius 3 is 2.62 bits per heavy atom. The third kappa shape index (κ3) is 7.19. The number of azide groups is 1. The maximum absolute atomic E-state index is 14.2. The molecule has 2 atom stereocenters. The highest BCUT2D eigenvalue weighted by Gasteiger charge is 2.53. The van der Waals surface area contributed by atoms with Gasteiger partial charge in [0.2, 0.25) is 5.90 Å². The molecule has 4 rings (SSSR count). The number of ether oxygens (including phenoxy) is 3. The minimum absolute atomic E-state index is 0.0532. The van der Waals surface area contributed by atoms with Gasteiger partial charge in [-0.3, -0.25) is 10.2 Å². The van der Waals surface area contributed by atoms with Crippen LogP contribution >= 0.6 is 0 Å². The number of nitrogens with zero attached hydrogens (tertiary/aromatic N) is 4. The highest BCUT2D eigenvalue weighted by atomic mass is 16.5. The van der Waals surface area contributed by atoms with E-state index in [-0.39, 0.29) is 25.5 Å². The highest BCUT2D eigenvalue weighted by molar-refractivity contribution is 6.01. The largest absolute Gasteiger partial charge is 0.497 e. The lowest BCUT2D eigenvalue weighted by molar-refractivity contribution is -0.130. The molecule has 1 heterocycles. The molecule has 1 aliphatic heterocycles. The number of amides is 1. The summed E-state index contributed by atoms with van der Waals surface area (Å²) in [6, 6.07) is 22.2. The van der Waals surface area contributed by atoms with Gasteiger partial charge in [0.05, 0.1) is 20.3 Å². The number of benzene rings is 3. The van der Waals surface area contributed by atoms with E-state index in [2.05, 4.69) is 20.9 Å². The van der Waals surface area contributed by atoms with Crippen molar-refractivity contribution in [3.05, 3.63) is 105 Å². The van der Waals surface area contributed by atoms with E-state index in [1.807, 2.05) is 67.6 Å². The smallest absolute Gasteiger partial charge is 0.266 e. The normalized spacial score (nSPS) is 17.5. The van der Waals surface area contributed by atoms with Crippen molar-refractivity contribution in [1.82, 2.24) is 10.9 Å². The molecule has 0 unspecified atom stereocenters. The first-order valence-corrected chi connectivity index (χ1v) is 13.9. The van der Waals surface area contributed by atoms with Crippen molar-refractivity contribution in [2.75, 3.05) is 26.9 Å². The fourth-order valence-electron chi connectivity index (χ4n) is 4.75. The van der Waals surface area contributed by atoms with Crippen molar-refractivity contribution in [3.63, 3.8) is 0 Å². The van der Waals surface area contributed by atoms with Crippen LogP contribution in [0.15, 0.2) is 82.9 Å². The number of aliphatic imine (C=N–C) groups is 1. The van der Waals surface area contributed by atoms with Gasteiger partial charge in [-0.15, -0.1) is 0 Å². The van der Waals surface area contributed by atoms with Crippen LogP contribution in [0.2, 0.25) is 0 Å². The lowest BCUT2D eigenvalue weighted by Gasteiger charge is -2.31. The lowest BCUT2D eigenvalue weighted by Crippen LogP contribution is -2.54. The standard InChI is InChI=1S/C31H36N6O5/c1-3-16-33-36-30(39)31(20-24-8-4-5-9-25(24)21-34-37-32)28(23-10-6-11-27(19-23)40-2)42-29(35-31)22-12-14-26(15-13-22)41-18-7-17-38/h4-6,8-15,19,28,33,38H,3,7,16-18,20-21H2,1-2H3,(H,36,39)/t28-,31-/m0/s1. The molecule has 3 N–H and O–H groups in total. The number of nitrogens with one attached hydrogen (secondary N) is 2. The summed E-state index contributed by atoms with van der Waals surface area (Å²) in [6.07, 6.45) is 0.723. The zero-order valence-electron chi connectivity index (χ0n) is 23.8. The molecule has 3 aromatic carbocycles. The van der Waals surface area contributed by atoms with E-state index in [1.165, 1.54) is 0 Å². The maximum atomic E-state index is 14.2.